The highest BCUT2D eigenvalue weighted by Crippen LogP contribution is 2.35. The highest BCUT2D eigenvalue weighted by molar-refractivity contribution is 5.04. The molecule has 2 rings (SSSR count). The standard InChI is InChI=1S/C14H27FN2/c1-3-13(2)11-16-14(7-5-4-6-8-14)12-17(13)10-9-15/h16H,3-12H2,1-2H3. The second-order valence-electron chi connectivity index (χ2n) is 6.16. The van der Waals surface area contributed by atoms with Gasteiger partial charge in [0.15, 0.2) is 0 Å². The molecule has 1 atom stereocenters. The van der Waals surface area contributed by atoms with E-state index in [2.05, 4.69) is 24.1 Å². The summed E-state index contributed by atoms with van der Waals surface area (Å²) in [5, 5.41) is 3.80. The molecule has 0 bridgehead atoms. The summed E-state index contributed by atoms with van der Waals surface area (Å²) in [5.74, 6) is 0. The fourth-order valence-corrected chi connectivity index (χ4v) is 3.46. The number of alkyl halides is 1. The second-order valence-corrected chi connectivity index (χ2v) is 6.16. The number of nitrogens with one attached hydrogen (secondary N) is 1. The first kappa shape index (κ1) is 13.3. The lowest BCUT2D eigenvalue weighted by Gasteiger charge is -2.54. The third-order valence-electron chi connectivity index (χ3n) is 5.03. The van der Waals surface area contributed by atoms with Gasteiger partial charge in [0.05, 0.1) is 0 Å². The molecule has 1 saturated carbocycles. The van der Waals surface area contributed by atoms with Crippen LogP contribution in [0.25, 0.3) is 0 Å². The van der Waals surface area contributed by atoms with E-state index in [9.17, 15) is 4.39 Å². The zero-order chi connectivity index (χ0) is 12.4. The molecule has 0 aromatic carbocycles. The van der Waals surface area contributed by atoms with Gasteiger partial charge in [0.2, 0.25) is 0 Å². The Morgan fingerprint density at radius 1 is 1.24 bits per heavy atom. The van der Waals surface area contributed by atoms with Crippen molar-refractivity contribution >= 4 is 0 Å². The Hall–Kier alpha value is -0.150. The van der Waals surface area contributed by atoms with Crippen molar-refractivity contribution in [3.63, 3.8) is 0 Å². The SMILES string of the molecule is CCC1(C)CNC2(CCCCC2)CN1CCF. The van der Waals surface area contributed by atoms with Gasteiger partial charge in [-0.25, -0.2) is 4.39 Å². The monoisotopic (exact) mass is 242 g/mol. The van der Waals surface area contributed by atoms with Gasteiger partial charge < -0.3 is 5.32 Å². The average molecular weight is 242 g/mol. The Morgan fingerprint density at radius 2 is 1.94 bits per heavy atom. The van der Waals surface area contributed by atoms with Gasteiger partial charge in [-0.15, -0.1) is 0 Å². The fourth-order valence-electron chi connectivity index (χ4n) is 3.46. The van der Waals surface area contributed by atoms with Gasteiger partial charge >= 0.3 is 0 Å². The molecule has 0 aromatic heterocycles. The zero-order valence-electron chi connectivity index (χ0n) is 11.4. The topological polar surface area (TPSA) is 15.3 Å². The minimum atomic E-state index is -0.217. The molecule has 0 radical (unpaired) electrons. The quantitative estimate of drug-likeness (QED) is 0.818. The lowest BCUT2D eigenvalue weighted by molar-refractivity contribution is -0.00452. The van der Waals surface area contributed by atoms with E-state index in [4.69, 9.17) is 0 Å². The van der Waals surface area contributed by atoms with Gasteiger partial charge in [-0.1, -0.05) is 26.2 Å². The molecule has 3 heteroatoms. The first-order valence-corrected chi connectivity index (χ1v) is 7.20. The number of nitrogens with zero attached hydrogens (tertiary/aromatic N) is 1. The van der Waals surface area contributed by atoms with Crippen LogP contribution >= 0.6 is 0 Å². The molecule has 2 nitrogen and oxygen atoms in total. The lowest BCUT2D eigenvalue weighted by atomic mass is 9.77. The third kappa shape index (κ3) is 2.65. The molecule has 2 fully saturated rings. The molecule has 1 aliphatic carbocycles. The normalized spacial score (nSPS) is 34.1. The lowest BCUT2D eigenvalue weighted by Crippen LogP contribution is -2.69. The molecule has 1 spiro atoms. The van der Waals surface area contributed by atoms with Crippen molar-refractivity contribution in [2.24, 2.45) is 0 Å². The van der Waals surface area contributed by atoms with Crippen molar-refractivity contribution in [2.75, 3.05) is 26.3 Å². The Labute approximate surface area is 105 Å². The van der Waals surface area contributed by atoms with Crippen LogP contribution in [-0.2, 0) is 0 Å². The van der Waals surface area contributed by atoms with Crippen LogP contribution in [0.15, 0.2) is 0 Å². The largest absolute Gasteiger partial charge is 0.308 e. The van der Waals surface area contributed by atoms with Crippen LogP contribution in [0, 0.1) is 0 Å². The van der Waals surface area contributed by atoms with Gasteiger partial charge in [0, 0.05) is 30.7 Å². The van der Waals surface area contributed by atoms with Gasteiger partial charge in [-0.05, 0) is 26.2 Å². The molecule has 0 aromatic rings. The number of halogens is 1. The summed E-state index contributed by atoms with van der Waals surface area (Å²) in [6.45, 7) is 6.93. The first-order valence-electron chi connectivity index (χ1n) is 7.20. The van der Waals surface area contributed by atoms with Crippen molar-refractivity contribution in [1.29, 1.82) is 0 Å². The maximum absolute atomic E-state index is 12.8. The number of piperazine rings is 1. The van der Waals surface area contributed by atoms with Gasteiger partial charge in [-0.2, -0.15) is 0 Å². The van der Waals surface area contributed by atoms with E-state index in [1.165, 1.54) is 32.1 Å². The van der Waals surface area contributed by atoms with Crippen LogP contribution in [0.1, 0.15) is 52.4 Å². The minimum Gasteiger partial charge on any atom is -0.308 e. The van der Waals surface area contributed by atoms with Crippen LogP contribution in [0.2, 0.25) is 0 Å². The summed E-state index contributed by atoms with van der Waals surface area (Å²) in [6, 6.07) is 0. The number of hydrogen-bond acceptors (Lipinski definition) is 2. The van der Waals surface area contributed by atoms with E-state index in [0.29, 0.717) is 12.1 Å². The molecule has 17 heavy (non-hydrogen) atoms. The molecule has 0 amide bonds. The van der Waals surface area contributed by atoms with Crippen molar-refractivity contribution in [3.8, 4) is 0 Å². The van der Waals surface area contributed by atoms with Crippen molar-refractivity contribution < 1.29 is 4.39 Å². The number of rotatable bonds is 3. The smallest absolute Gasteiger partial charge is 0.102 e. The van der Waals surface area contributed by atoms with E-state index in [-0.39, 0.29) is 12.2 Å². The van der Waals surface area contributed by atoms with Crippen molar-refractivity contribution in [3.05, 3.63) is 0 Å². The molecule has 100 valence electrons. The highest BCUT2D eigenvalue weighted by atomic mass is 19.1. The van der Waals surface area contributed by atoms with E-state index >= 15 is 0 Å². The summed E-state index contributed by atoms with van der Waals surface area (Å²) in [6.07, 6.45) is 7.68. The Morgan fingerprint density at radius 3 is 2.53 bits per heavy atom. The van der Waals surface area contributed by atoms with Crippen molar-refractivity contribution in [1.82, 2.24) is 10.2 Å². The van der Waals surface area contributed by atoms with E-state index < -0.39 is 0 Å². The molecular weight excluding hydrogens is 215 g/mol. The summed E-state index contributed by atoms with van der Waals surface area (Å²) < 4.78 is 12.8. The molecule has 1 N–H and O–H groups in total. The highest BCUT2D eigenvalue weighted by Gasteiger charge is 2.44. The van der Waals surface area contributed by atoms with E-state index in [1.807, 2.05) is 0 Å². The summed E-state index contributed by atoms with van der Waals surface area (Å²) in [4.78, 5) is 2.40. The number of hydrogen-bond donors (Lipinski definition) is 1. The van der Waals surface area contributed by atoms with Crippen LogP contribution in [0.4, 0.5) is 4.39 Å². The van der Waals surface area contributed by atoms with Gasteiger partial charge in [0.1, 0.15) is 6.67 Å². The minimum absolute atomic E-state index is 0.148. The maximum atomic E-state index is 12.8. The molecule has 2 aliphatic rings. The Balaban J connectivity index is 2.07. The van der Waals surface area contributed by atoms with E-state index in [0.717, 1.165) is 19.5 Å². The third-order valence-corrected chi connectivity index (χ3v) is 5.03. The molecular formula is C14H27FN2. The first-order chi connectivity index (χ1) is 8.14. The molecule has 1 unspecified atom stereocenters. The second kappa shape index (κ2) is 5.23. The Kier molecular flexibility index (Phi) is 4.09. The van der Waals surface area contributed by atoms with Crippen LogP contribution < -0.4 is 5.32 Å². The average Bonchev–Trinajstić information content (AvgIpc) is 2.36. The fraction of sp³-hybridized carbons (Fsp3) is 1.00. The van der Waals surface area contributed by atoms with Gasteiger partial charge in [0.25, 0.3) is 0 Å². The Bertz CT molecular complexity index is 251. The van der Waals surface area contributed by atoms with Crippen molar-refractivity contribution in [2.45, 2.75) is 63.5 Å². The van der Waals surface area contributed by atoms with Crippen LogP contribution in [0.5, 0.6) is 0 Å². The molecule has 1 aliphatic heterocycles. The summed E-state index contributed by atoms with van der Waals surface area (Å²) >= 11 is 0. The predicted molar refractivity (Wildman–Crippen MR) is 70.1 cm³/mol. The van der Waals surface area contributed by atoms with Crippen LogP contribution in [0.3, 0.4) is 0 Å². The zero-order valence-corrected chi connectivity index (χ0v) is 11.4. The summed E-state index contributed by atoms with van der Waals surface area (Å²) in [5.41, 5.74) is 0.441. The van der Waals surface area contributed by atoms with Gasteiger partial charge in [-0.3, -0.25) is 4.90 Å². The predicted octanol–water partition coefficient (Wildman–Crippen LogP) is 2.73. The molecule has 1 saturated heterocycles. The maximum Gasteiger partial charge on any atom is 0.102 e. The summed E-state index contributed by atoms with van der Waals surface area (Å²) in [7, 11) is 0. The van der Waals surface area contributed by atoms with Crippen LogP contribution in [-0.4, -0.2) is 42.3 Å². The van der Waals surface area contributed by atoms with E-state index in [1.54, 1.807) is 0 Å². The molecule has 1 heterocycles.